The molecule has 0 atom stereocenters. The van der Waals surface area contributed by atoms with Gasteiger partial charge < -0.3 is 10.0 Å². The molecule has 1 aromatic rings. The molecule has 1 N–H and O–H groups in total. The number of carbonyl (C=O) groups excluding carboxylic acids is 1. The second kappa shape index (κ2) is 7.01. The minimum Gasteiger partial charge on any atom is -0.481 e. The lowest BCUT2D eigenvalue weighted by atomic mass is 10.1. The molecule has 0 aromatic heterocycles. The second-order valence-electron chi connectivity index (χ2n) is 3.89. The zero-order valence-electron chi connectivity index (χ0n) is 10.2. The highest BCUT2D eigenvalue weighted by atomic mass is 35.5. The van der Waals surface area contributed by atoms with Gasteiger partial charge >= 0.3 is 5.97 Å². The standard InChI is InChI=1S/C13H16ClNO3/c1-2-15(8-7-13(17)18)12(16)9-10-5-3-4-6-11(10)14/h3-6H,2,7-9H2,1H3,(H,17,18). The van der Waals surface area contributed by atoms with Crippen molar-refractivity contribution < 1.29 is 14.7 Å². The lowest BCUT2D eigenvalue weighted by Crippen LogP contribution is -2.34. The SMILES string of the molecule is CCN(CCC(=O)O)C(=O)Cc1ccccc1Cl. The van der Waals surface area contributed by atoms with E-state index in [4.69, 9.17) is 16.7 Å². The number of carboxylic acids is 1. The number of nitrogens with zero attached hydrogens (tertiary/aromatic N) is 1. The Morgan fingerprint density at radius 1 is 1.33 bits per heavy atom. The molecule has 0 heterocycles. The molecule has 98 valence electrons. The van der Waals surface area contributed by atoms with Crippen LogP contribution in [0.5, 0.6) is 0 Å². The Balaban J connectivity index is 2.62. The van der Waals surface area contributed by atoms with Crippen LogP contribution in [0, 0.1) is 0 Å². The maximum absolute atomic E-state index is 12.0. The summed E-state index contributed by atoms with van der Waals surface area (Å²) in [7, 11) is 0. The molecule has 1 aromatic carbocycles. The molecule has 0 bridgehead atoms. The number of aliphatic carboxylic acids is 1. The van der Waals surface area contributed by atoms with Crippen LogP contribution in [0.4, 0.5) is 0 Å². The van der Waals surface area contributed by atoms with E-state index < -0.39 is 5.97 Å². The van der Waals surface area contributed by atoms with Crippen molar-refractivity contribution in [3.8, 4) is 0 Å². The summed E-state index contributed by atoms with van der Waals surface area (Å²) in [5.74, 6) is -1.01. The fourth-order valence-corrected chi connectivity index (χ4v) is 1.81. The monoisotopic (exact) mass is 269 g/mol. The van der Waals surface area contributed by atoms with Gasteiger partial charge in [0.25, 0.3) is 0 Å². The van der Waals surface area contributed by atoms with Crippen LogP contribution in [0.1, 0.15) is 18.9 Å². The molecule has 0 spiro atoms. The maximum Gasteiger partial charge on any atom is 0.305 e. The molecule has 0 saturated carbocycles. The largest absolute Gasteiger partial charge is 0.481 e. The van der Waals surface area contributed by atoms with Gasteiger partial charge in [0.2, 0.25) is 5.91 Å². The average molecular weight is 270 g/mol. The van der Waals surface area contributed by atoms with E-state index in [1.165, 1.54) is 4.90 Å². The summed E-state index contributed by atoms with van der Waals surface area (Å²) in [6, 6.07) is 7.16. The number of halogens is 1. The first-order valence-corrected chi connectivity index (χ1v) is 6.15. The Kier molecular flexibility index (Phi) is 5.65. The van der Waals surface area contributed by atoms with Gasteiger partial charge in [-0.25, -0.2) is 0 Å². The van der Waals surface area contributed by atoms with Crippen molar-refractivity contribution in [3.05, 3.63) is 34.9 Å². The van der Waals surface area contributed by atoms with Crippen LogP contribution >= 0.6 is 11.6 Å². The fourth-order valence-electron chi connectivity index (χ4n) is 1.61. The van der Waals surface area contributed by atoms with Crippen LogP contribution in [0.2, 0.25) is 5.02 Å². The summed E-state index contributed by atoms with van der Waals surface area (Å²) >= 11 is 5.98. The van der Waals surface area contributed by atoms with Crippen molar-refractivity contribution in [2.45, 2.75) is 19.8 Å². The average Bonchev–Trinajstić information content (AvgIpc) is 2.32. The van der Waals surface area contributed by atoms with Gasteiger partial charge in [-0.2, -0.15) is 0 Å². The highest BCUT2D eigenvalue weighted by Crippen LogP contribution is 2.16. The summed E-state index contributed by atoms with van der Waals surface area (Å²) in [6.45, 7) is 2.55. The van der Waals surface area contributed by atoms with Gasteiger partial charge in [-0.05, 0) is 18.6 Å². The predicted molar refractivity (Wildman–Crippen MR) is 69.7 cm³/mol. The van der Waals surface area contributed by atoms with Crippen LogP contribution in [-0.4, -0.2) is 35.0 Å². The van der Waals surface area contributed by atoms with Gasteiger partial charge in [-0.3, -0.25) is 9.59 Å². The third-order valence-corrected chi connectivity index (χ3v) is 3.00. The van der Waals surface area contributed by atoms with Crippen LogP contribution in [0.3, 0.4) is 0 Å². The van der Waals surface area contributed by atoms with Crippen molar-refractivity contribution >= 4 is 23.5 Å². The molecule has 0 aliphatic heterocycles. The minimum atomic E-state index is -0.904. The number of benzene rings is 1. The topological polar surface area (TPSA) is 57.6 Å². The smallest absolute Gasteiger partial charge is 0.305 e. The zero-order valence-corrected chi connectivity index (χ0v) is 11.0. The van der Waals surface area contributed by atoms with Crippen molar-refractivity contribution in [2.75, 3.05) is 13.1 Å². The highest BCUT2D eigenvalue weighted by molar-refractivity contribution is 6.31. The third-order valence-electron chi connectivity index (χ3n) is 2.63. The van der Waals surface area contributed by atoms with E-state index >= 15 is 0 Å². The maximum atomic E-state index is 12.0. The first kappa shape index (κ1) is 14.5. The van der Waals surface area contributed by atoms with E-state index in [0.29, 0.717) is 11.6 Å². The van der Waals surface area contributed by atoms with Crippen molar-refractivity contribution in [1.29, 1.82) is 0 Å². The van der Waals surface area contributed by atoms with Gasteiger partial charge in [-0.1, -0.05) is 29.8 Å². The van der Waals surface area contributed by atoms with Gasteiger partial charge in [0.15, 0.2) is 0 Å². The Hall–Kier alpha value is -1.55. The van der Waals surface area contributed by atoms with E-state index in [9.17, 15) is 9.59 Å². The molecule has 4 nitrogen and oxygen atoms in total. The van der Waals surface area contributed by atoms with Crippen molar-refractivity contribution in [1.82, 2.24) is 4.90 Å². The lowest BCUT2D eigenvalue weighted by molar-refractivity contribution is -0.138. The molecule has 0 saturated heterocycles. The van der Waals surface area contributed by atoms with Gasteiger partial charge in [0.1, 0.15) is 0 Å². The Labute approximate surface area is 111 Å². The summed E-state index contributed by atoms with van der Waals surface area (Å²) in [5, 5.41) is 9.17. The highest BCUT2D eigenvalue weighted by Gasteiger charge is 2.14. The van der Waals surface area contributed by atoms with E-state index in [0.717, 1.165) is 5.56 Å². The second-order valence-corrected chi connectivity index (χ2v) is 4.29. The Bertz CT molecular complexity index is 434. The van der Waals surface area contributed by atoms with E-state index in [1.54, 1.807) is 18.2 Å². The molecular formula is C13H16ClNO3. The number of rotatable bonds is 6. The number of amides is 1. The molecule has 1 rings (SSSR count). The molecule has 0 fully saturated rings. The molecule has 0 unspecified atom stereocenters. The van der Waals surface area contributed by atoms with Crippen LogP contribution in [0.15, 0.2) is 24.3 Å². The van der Waals surface area contributed by atoms with Crippen molar-refractivity contribution in [2.24, 2.45) is 0 Å². The number of likely N-dealkylation sites (N-methyl/N-ethyl adjacent to an activating group) is 1. The van der Waals surface area contributed by atoms with E-state index in [-0.39, 0.29) is 25.3 Å². The Morgan fingerprint density at radius 3 is 2.56 bits per heavy atom. The lowest BCUT2D eigenvalue weighted by Gasteiger charge is -2.20. The fraction of sp³-hybridized carbons (Fsp3) is 0.385. The quantitative estimate of drug-likeness (QED) is 0.861. The van der Waals surface area contributed by atoms with E-state index in [1.807, 2.05) is 13.0 Å². The predicted octanol–water partition coefficient (Wildman–Crippen LogP) is 2.21. The summed E-state index contributed by atoms with van der Waals surface area (Å²) in [6.07, 6.45) is 0.162. The number of carboxylic acid groups (broad SMARTS) is 1. The zero-order chi connectivity index (χ0) is 13.5. The molecule has 0 aliphatic carbocycles. The minimum absolute atomic E-state index is 0.0396. The first-order valence-electron chi connectivity index (χ1n) is 5.77. The molecule has 0 aliphatic rings. The third kappa shape index (κ3) is 4.37. The van der Waals surface area contributed by atoms with Crippen LogP contribution < -0.4 is 0 Å². The molecule has 5 heteroatoms. The van der Waals surface area contributed by atoms with Crippen LogP contribution in [0.25, 0.3) is 0 Å². The van der Waals surface area contributed by atoms with Gasteiger partial charge in [0, 0.05) is 18.1 Å². The molecular weight excluding hydrogens is 254 g/mol. The number of hydrogen-bond donors (Lipinski definition) is 1. The van der Waals surface area contributed by atoms with Crippen molar-refractivity contribution in [3.63, 3.8) is 0 Å². The first-order chi connectivity index (χ1) is 8.54. The van der Waals surface area contributed by atoms with Crippen LogP contribution in [-0.2, 0) is 16.0 Å². The number of hydrogen-bond acceptors (Lipinski definition) is 2. The van der Waals surface area contributed by atoms with Gasteiger partial charge in [0.05, 0.1) is 12.8 Å². The molecule has 0 radical (unpaired) electrons. The summed E-state index contributed by atoms with van der Waals surface area (Å²) < 4.78 is 0. The summed E-state index contributed by atoms with van der Waals surface area (Å²) in [4.78, 5) is 24.0. The van der Waals surface area contributed by atoms with Gasteiger partial charge in [-0.15, -0.1) is 0 Å². The number of carbonyl (C=O) groups is 2. The summed E-state index contributed by atoms with van der Waals surface area (Å²) in [5.41, 5.74) is 0.762. The molecule has 1 amide bonds. The normalized spacial score (nSPS) is 10.1. The molecule has 18 heavy (non-hydrogen) atoms. The van der Waals surface area contributed by atoms with E-state index in [2.05, 4.69) is 0 Å². The Morgan fingerprint density at radius 2 is 2.00 bits per heavy atom.